The van der Waals surface area contributed by atoms with Crippen molar-refractivity contribution in [3.8, 4) is 5.75 Å². The molecule has 3 rings (SSSR count). The van der Waals surface area contributed by atoms with E-state index in [1.165, 1.54) is 23.3 Å². The van der Waals surface area contributed by atoms with Crippen LogP contribution in [0.25, 0.3) is 0 Å². The normalized spacial score (nSPS) is 15.9. The predicted octanol–water partition coefficient (Wildman–Crippen LogP) is 3.74. The Morgan fingerprint density at radius 2 is 1.93 bits per heavy atom. The van der Waals surface area contributed by atoms with Crippen LogP contribution in [0.5, 0.6) is 5.75 Å². The van der Waals surface area contributed by atoms with Crippen molar-refractivity contribution in [3.05, 3.63) is 45.4 Å². The maximum absolute atomic E-state index is 5.25. The molecule has 2 heterocycles. The lowest BCUT2D eigenvalue weighted by molar-refractivity contribution is 0.178. The molecule has 7 heteroatoms. The fraction of sp³-hybridized carbons (Fsp3) is 0.565. The van der Waals surface area contributed by atoms with Gasteiger partial charge in [-0.05, 0) is 70.3 Å². The van der Waals surface area contributed by atoms with E-state index in [2.05, 4.69) is 53.4 Å². The molecule has 0 atom stereocenters. The SMILES string of the molecule is CCNC(=NCc1nc(C)c(C)s1)NCC1CCN(Cc2ccc(OC)cc2)CC1. The number of likely N-dealkylation sites (tertiary alicyclic amines) is 1. The van der Waals surface area contributed by atoms with Crippen LogP contribution in [0.1, 0.15) is 40.9 Å². The highest BCUT2D eigenvalue weighted by molar-refractivity contribution is 7.11. The summed E-state index contributed by atoms with van der Waals surface area (Å²) < 4.78 is 5.25. The average molecular weight is 430 g/mol. The predicted molar refractivity (Wildman–Crippen MR) is 125 cm³/mol. The van der Waals surface area contributed by atoms with Gasteiger partial charge in [-0.1, -0.05) is 12.1 Å². The van der Waals surface area contributed by atoms with Gasteiger partial charge in [0.15, 0.2) is 5.96 Å². The molecule has 6 nitrogen and oxygen atoms in total. The van der Waals surface area contributed by atoms with Crippen LogP contribution < -0.4 is 15.4 Å². The Kier molecular flexibility index (Phi) is 8.51. The van der Waals surface area contributed by atoms with Gasteiger partial charge in [-0.3, -0.25) is 4.90 Å². The summed E-state index contributed by atoms with van der Waals surface area (Å²) in [6.45, 7) is 12.0. The number of methoxy groups -OCH3 is 1. The Hall–Kier alpha value is -2.12. The summed E-state index contributed by atoms with van der Waals surface area (Å²) in [5.74, 6) is 2.50. The van der Waals surface area contributed by atoms with E-state index in [1.807, 2.05) is 12.1 Å². The van der Waals surface area contributed by atoms with Gasteiger partial charge in [-0.15, -0.1) is 11.3 Å². The van der Waals surface area contributed by atoms with Gasteiger partial charge in [0, 0.05) is 24.5 Å². The molecule has 2 N–H and O–H groups in total. The Morgan fingerprint density at radius 1 is 1.20 bits per heavy atom. The first-order valence-corrected chi connectivity index (χ1v) is 11.7. The molecule has 0 unspecified atom stereocenters. The molecule has 0 aliphatic carbocycles. The molecule has 1 aromatic heterocycles. The second-order valence-corrected chi connectivity index (χ2v) is 9.18. The van der Waals surface area contributed by atoms with Crippen molar-refractivity contribution in [2.45, 2.75) is 46.7 Å². The topological polar surface area (TPSA) is 61.8 Å². The summed E-state index contributed by atoms with van der Waals surface area (Å²) in [5, 5.41) is 7.98. The molecule has 1 fully saturated rings. The summed E-state index contributed by atoms with van der Waals surface area (Å²) in [5.41, 5.74) is 2.46. The first kappa shape index (κ1) is 22.6. The number of hydrogen-bond acceptors (Lipinski definition) is 5. The van der Waals surface area contributed by atoms with Crippen LogP contribution in [-0.4, -0.2) is 49.1 Å². The van der Waals surface area contributed by atoms with E-state index in [1.54, 1.807) is 18.4 Å². The molecule has 0 radical (unpaired) electrons. The second kappa shape index (κ2) is 11.3. The number of aliphatic imine (C=N–C) groups is 1. The van der Waals surface area contributed by atoms with Gasteiger partial charge in [0.25, 0.3) is 0 Å². The fourth-order valence-electron chi connectivity index (χ4n) is 3.67. The number of nitrogens with one attached hydrogen (secondary N) is 2. The number of hydrogen-bond donors (Lipinski definition) is 2. The molecule has 0 amide bonds. The van der Waals surface area contributed by atoms with E-state index in [9.17, 15) is 0 Å². The van der Waals surface area contributed by atoms with Crippen molar-refractivity contribution < 1.29 is 4.74 Å². The third-order valence-corrected chi connectivity index (χ3v) is 6.68. The summed E-state index contributed by atoms with van der Waals surface area (Å²) in [4.78, 5) is 13.1. The Morgan fingerprint density at radius 3 is 2.53 bits per heavy atom. The van der Waals surface area contributed by atoms with Gasteiger partial charge < -0.3 is 15.4 Å². The summed E-state index contributed by atoms with van der Waals surface area (Å²) in [6.07, 6.45) is 2.43. The lowest BCUT2D eigenvalue weighted by Gasteiger charge is -2.32. The maximum Gasteiger partial charge on any atom is 0.191 e. The zero-order chi connectivity index (χ0) is 21.3. The molecule has 0 saturated carbocycles. The monoisotopic (exact) mass is 429 g/mol. The third kappa shape index (κ3) is 6.71. The van der Waals surface area contributed by atoms with E-state index in [-0.39, 0.29) is 0 Å². The van der Waals surface area contributed by atoms with Crippen LogP contribution >= 0.6 is 11.3 Å². The minimum Gasteiger partial charge on any atom is -0.497 e. The molecular weight excluding hydrogens is 394 g/mol. The van der Waals surface area contributed by atoms with E-state index in [4.69, 9.17) is 9.73 Å². The standard InChI is InChI=1S/C23H35N5OS/c1-5-24-23(26-15-22-27-17(2)18(3)30-22)25-14-19-10-12-28(13-11-19)16-20-6-8-21(29-4)9-7-20/h6-9,19H,5,10-16H2,1-4H3,(H2,24,25,26). The molecule has 1 aliphatic rings. The van der Waals surface area contributed by atoms with Gasteiger partial charge in [-0.2, -0.15) is 0 Å². The van der Waals surface area contributed by atoms with Crippen LogP contribution in [0.15, 0.2) is 29.3 Å². The fourth-order valence-corrected chi connectivity index (χ4v) is 4.53. The highest BCUT2D eigenvalue weighted by Gasteiger charge is 2.19. The largest absolute Gasteiger partial charge is 0.497 e. The average Bonchev–Trinajstić information content (AvgIpc) is 3.09. The molecule has 1 aromatic carbocycles. The second-order valence-electron chi connectivity index (χ2n) is 7.89. The number of thiazole rings is 1. The van der Waals surface area contributed by atoms with E-state index >= 15 is 0 Å². The number of nitrogens with zero attached hydrogens (tertiary/aromatic N) is 3. The van der Waals surface area contributed by atoms with Crippen molar-refractivity contribution in [1.29, 1.82) is 0 Å². The Labute approximate surface area is 184 Å². The van der Waals surface area contributed by atoms with E-state index in [0.717, 1.165) is 55.1 Å². The van der Waals surface area contributed by atoms with E-state index < -0.39 is 0 Å². The van der Waals surface area contributed by atoms with Crippen LogP contribution in [0, 0.1) is 19.8 Å². The van der Waals surface area contributed by atoms with Crippen molar-refractivity contribution >= 4 is 17.3 Å². The lowest BCUT2D eigenvalue weighted by atomic mass is 9.96. The molecular formula is C23H35N5OS. The maximum atomic E-state index is 5.25. The zero-order valence-corrected chi connectivity index (χ0v) is 19.5. The number of piperidine rings is 1. The number of ether oxygens (including phenoxy) is 1. The quantitative estimate of drug-likeness (QED) is 0.494. The van der Waals surface area contributed by atoms with Crippen LogP contribution in [0.2, 0.25) is 0 Å². The number of rotatable bonds is 8. The number of guanidine groups is 1. The summed E-state index contributed by atoms with van der Waals surface area (Å²) >= 11 is 1.74. The minimum absolute atomic E-state index is 0.634. The van der Waals surface area contributed by atoms with Gasteiger partial charge >= 0.3 is 0 Å². The van der Waals surface area contributed by atoms with Crippen LogP contribution in [-0.2, 0) is 13.1 Å². The highest BCUT2D eigenvalue weighted by Crippen LogP contribution is 2.20. The smallest absolute Gasteiger partial charge is 0.191 e. The molecule has 1 saturated heterocycles. The van der Waals surface area contributed by atoms with Crippen LogP contribution in [0.4, 0.5) is 0 Å². The summed E-state index contributed by atoms with van der Waals surface area (Å²) in [6, 6.07) is 8.41. The van der Waals surface area contributed by atoms with Crippen molar-refractivity contribution in [2.24, 2.45) is 10.9 Å². The molecule has 2 aromatic rings. The lowest BCUT2D eigenvalue weighted by Crippen LogP contribution is -2.42. The third-order valence-electron chi connectivity index (χ3n) is 5.62. The van der Waals surface area contributed by atoms with E-state index in [0.29, 0.717) is 12.5 Å². The molecule has 30 heavy (non-hydrogen) atoms. The number of benzene rings is 1. The van der Waals surface area contributed by atoms with Gasteiger partial charge in [-0.25, -0.2) is 9.98 Å². The zero-order valence-electron chi connectivity index (χ0n) is 18.7. The Bertz CT molecular complexity index is 790. The molecule has 164 valence electrons. The molecule has 0 bridgehead atoms. The van der Waals surface area contributed by atoms with Crippen molar-refractivity contribution in [3.63, 3.8) is 0 Å². The molecule has 0 spiro atoms. The minimum atomic E-state index is 0.634. The number of aromatic nitrogens is 1. The van der Waals surface area contributed by atoms with Gasteiger partial charge in [0.1, 0.15) is 10.8 Å². The first-order chi connectivity index (χ1) is 14.6. The van der Waals surface area contributed by atoms with Gasteiger partial charge in [0.2, 0.25) is 0 Å². The van der Waals surface area contributed by atoms with Crippen molar-refractivity contribution in [1.82, 2.24) is 20.5 Å². The first-order valence-electron chi connectivity index (χ1n) is 10.9. The number of aryl methyl sites for hydroxylation is 2. The Balaban J connectivity index is 1.42. The summed E-state index contributed by atoms with van der Waals surface area (Å²) in [7, 11) is 1.71. The molecule has 1 aliphatic heterocycles. The van der Waals surface area contributed by atoms with Crippen LogP contribution in [0.3, 0.4) is 0 Å². The van der Waals surface area contributed by atoms with Gasteiger partial charge in [0.05, 0.1) is 19.3 Å². The van der Waals surface area contributed by atoms with Crippen molar-refractivity contribution in [2.75, 3.05) is 33.3 Å². The highest BCUT2D eigenvalue weighted by atomic mass is 32.1.